The van der Waals surface area contributed by atoms with E-state index in [1.54, 1.807) is 0 Å². The first-order valence-corrected chi connectivity index (χ1v) is 3.74. The summed E-state index contributed by atoms with van der Waals surface area (Å²) >= 11 is 0. The van der Waals surface area contributed by atoms with E-state index in [9.17, 15) is 0 Å². The van der Waals surface area contributed by atoms with Gasteiger partial charge in [0, 0.05) is 5.39 Å². The number of hydrogen-bond donors (Lipinski definition) is 1. The van der Waals surface area contributed by atoms with Crippen LogP contribution in [0, 0.1) is 0 Å². The largest absolute Gasteiger partial charge is 0.352 e. The van der Waals surface area contributed by atoms with Gasteiger partial charge in [-0.1, -0.05) is 30.3 Å². The van der Waals surface area contributed by atoms with E-state index in [1.807, 2.05) is 0 Å². The van der Waals surface area contributed by atoms with E-state index in [0.29, 0.717) is 0 Å². The molecule has 0 saturated carbocycles. The van der Waals surface area contributed by atoms with Gasteiger partial charge in [0.2, 0.25) is 0 Å². The van der Waals surface area contributed by atoms with Crippen molar-refractivity contribution in [2.75, 3.05) is 5.32 Å². The van der Waals surface area contributed by atoms with Crippen LogP contribution in [-0.4, -0.2) is 0 Å². The van der Waals surface area contributed by atoms with Crippen molar-refractivity contribution in [3.05, 3.63) is 36.4 Å². The average molecular weight is 141 g/mol. The lowest BCUT2D eigenvalue weighted by atomic mass is 10.1. The van der Waals surface area contributed by atoms with Gasteiger partial charge < -0.3 is 5.32 Å². The predicted molar refractivity (Wildman–Crippen MR) is 47.2 cm³/mol. The van der Waals surface area contributed by atoms with Gasteiger partial charge in [-0.25, -0.2) is 0 Å². The second kappa shape index (κ2) is 1.56. The molecule has 0 atom stereocenters. The van der Waals surface area contributed by atoms with Crippen LogP contribution in [-0.2, 0) is 0 Å². The van der Waals surface area contributed by atoms with Crippen LogP contribution in [0.4, 0.5) is 11.4 Å². The highest BCUT2D eigenvalue weighted by molar-refractivity contribution is 6.10. The minimum atomic E-state index is 1.28. The number of nitrogens with one attached hydrogen (secondary N) is 1. The third kappa shape index (κ3) is 0.598. The van der Waals surface area contributed by atoms with Gasteiger partial charge >= 0.3 is 0 Å². The molecule has 1 nitrogen and oxygen atoms in total. The SMILES string of the molecule is c1ccc2c3c(ccc2c1)N3. The number of fused-ring (bicyclic) bond motifs is 3. The molecule has 0 spiro atoms. The van der Waals surface area contributed by atoms with Gasteiger partial charge in [0.25, 0.3) is 0 Å². The highest BCUT2D eigenvalue weighted by Crippen LogP contribution is 2.44. The molecule has 52 valence electrons. The summed E-state index contributed by atoms with van der Waals surface area (Å²) in [6.45, 7) is 0. The summed E-state index contributed by atoms with van der Waals surface area (Å²) < 4.78 is 0. The van der Waals surface area contributed by atoms with E-state index in [-0.39, 0.29) is 0 Å². The zero-order valence-electron chi connectivity index (χ0n) is 5.96. The summed E-state index contributed by atoms with van der Waals surface area (Å²) in [5.41, 5.74) is 2.59. The van der Waals surface area contributed by atoms with E-state index >= 15 is 0 Å². The maximum absolute atomic E-state index is 3.23. The van der Waals surface area contributed by atoms with E-state index in [4.69, 9.17) is 0 Å². The molecular formula is C10H7N. The first-order chi connectivity index (χ1) is 5.45. The summed E-state index contributed by atoms with van der Waals surface area (Å²) in [7, 11) is 0. The van der Waals surface area contributed by atoms with Gasteiger partial charge in [-0.3, -0.25) is 0 Å². The molecule has 1 N–H and O–H groups in total. The average Bonchev–Trinajstić information content (AvgIpc) is 2.83. The Morgan fingerprint density at radius 1 is 0.909 bits per heavy atom. The quantitative estimate of drug-likeness (QED) is 0.478. The van der Waals surface area contributed by atoms with Gasteiger partial charge in [-0.2, -0.15) is 0 Å². The van der Waals surface area contributed by atoms with Crippen molar-refractivity contribution >= 4 is 22.1 Å². The molecule has 2 aromatic carbocycles. The zero-order valence-corrected chi connectivity index (χ0v) is 5.96. The van der Waals surface area contributed by atoms with Gasteiger partial charge in [-0.15, -0.1) is 0 Å². The lowest BCUT2D eigenvalue weighted by Crippen LogP contribution is -1.64. The van der Waals surface area contributed by atoms with E-state index < -0.39 is 0 Å². The highest BCUT2D eigenvalue weighted by Gasteiger charge is 2.17. The van der Waals surface area contributed by atoms with E-state index in [2.05, 4.69) is 41.7 Å². The number of benzene rings is 2. The second-order valence-corrected chi connectivity index (χ2v) is 2.83. The van der Waals surface area contributed by atoms with Crippen molar-refractivity contribution in [1.29, 1.82) is 0 Å². The molecule has 0 radical (unpaired) electrons. The standard InChI is InChI=1S/C10H7N/c1-2-4-8-7(3-1)5-6-9-10(8)11-9/h1-6,11H. The Kier molecular flexibility index (Phi) is 0.737. The molecule has 0 aliphatic carbocycles. The van der Waals surface area contributed by atoms with E-state index in [0.717, 1.165) is 0 Å². The van der Waals surface area contributed by atoms with Crippen molar-refractivity contribution in [3.63, 3.8) is 0 Å². The third-order valence-corrected chi connectivity index (χ3v) is 2.13. The fourth-order valence-electron chi connectivity index (χ4n) is 1.48. The molecular weight excluding hydrogens is 134 g/mol. The summed E-state index contributed by atoms with van der Waals surface area (Å²) in [6, 6.07) is 12.7. The van der Waals surface area contributed by atoms with Crippen LogP contribution in [0.15, 0.2) is 36.4 Å². The number of rotatable bonds is 0. The van der Waals surface area contributed by atoms with Gasteiger partial charge in [0.05, 0.1) is 11.4 Å². The van der Waals surface area contributed by atoms with Crippen molar-refractivity contribution in [2.45, 2.75) is 0 Å². The van der Waals surface area contributed by atoms with Crippen molar-refractivity contribution in [3.8, 4) is 0 Å². The molecule has 2 aromatic rings. The summed E-state index contributed by atoms with van der Waals surface area (Å²) in [4.78, 5) is 0. The van der Waals surface area contributed by atoms with Crippen LogP contribution in [0.1, 0.15) is 0 Å². The lowest BCUT2D eigenvalue weighted by molar-refractivity contribution is 1.82. The van der Waals surface area contributed by atoms with Crippen LogP contribution >= 0.6 is 0 Å². The van der Waals surface area contributed by atoms with Crippen LogP contribution in [0.5, 0.6) is 0 Å². The van der Waals surface area contributed by atoms with Gasteiger partial charge in [0.1, 0.15) is 0 Å². The van der Waals surface area contributed by atoms with Gasteiger partial charge in [0.15, 0.2) is 0 Å². The fourth-order valence-corrected chi connectivity index (χ4v) is 1.48. The lowest BCUT2D eigenvalue weighted by Gasteiger charge is -1.90. The maximum atomic E-state index is 3.23. The van der Waals surface area contributed by atoms with Crippen LogP contribution < -0.4 is 5.32 Å². The predicted octanol–water partition coefficient (Wildman–Crippen LogP) is 2.90. The third-order valence-electron chi connectivity index (χ3n) is 2.13. The molecule has 0 saturated heterocycles. The summed E-state index contributed by atoms with van der Waals surface area (Å²) in [5.74, 6) is 0. The van der Waals surface area contributed by atoms with Crippen molar-refractivity contribution < 1.29 is 0 Å². The first-order valence-electron chi connectivity index (χ1n) is 3.74. The molecule has 1 aliphatic rings. The topological polar surface area (TPSA) is 21.9 Å². The second-order valence-electron chi connectivity index (χ2n) is 2.83. The van der Waals surface area contributed by atoms with Crippen molar-refractivity contribution in [1.82, 2.24) is 0 Å². The van der Waals surface area contributed by atoms with Crippen LogP contribution in [0.25, 0.3) is 10.8 Å². The number of hydrogen-bond acceptors (Lipinski definition) is 1. The highest BCUT2D eigenvalue weighted by atomic mass is 15.0. The normalized spacial score (nSPS) is 12.4. The maximum Gasteiger partial charge on any atom is 0.0703 e. The van der Waals surface area contributed by atoms with E-state index in [1.165, 1.54) is 22.1 Å². The molecule has 0 bridgehead atoms. The fraction of sp³-hybridized carbons (Fsp3) is 0. The Labute approximate surface area is 64.7 Å². The summed E-state index contributed by atoms with van der Waals surface area (Å²) in [6.07, 6.45) is 0. The molecule has 3 rings (SSSR count). The Morgan fingerprint density at radius 2 is 1.82 bits per heavy atom. The molecule has 0 amide bonds. The molecule has 11 heavy (non-hydrogen) atoms. The Balaban J connectivity index is 2.56. The van der Waals surface area contributed by atoms with Crippen LogP contribution in [0.2, 0.25) is 0 Å². The molecule has 1 heterocycles. The minimum absolute atomic E-state index is 1.28. The minimum Gasteiger partial charge on any atom is -0.352 e. The Hall–Kier alpha value is -1.50. The molecule has 0 unspecified atom stereocenters. The molecule has 1 heteroatoms. The monoisotopic (exact) mass is 141 g/mol. The van der Waals surface area contributed by atoms with Gasteiger partial charge in [-0.05, 0) is 11.5 Å². The first kappa shape index (κ1) is 5.19. The molecule has 0 fully saturated rings. The molecule has 1 aliphatic heterocycles. The smallest absolute Gasteiger partial charge is 0.0703 e. The Morgan fingerprint density at radius 3 is 2.82 bits per heavy atom. The number of anilines is 2. The zero-order chi connectivity index (χ0) is 7.26. The Bertz CT molecular complexity index is 432. The van der Waals surface area contributed by atoms with Crippen molar-refractivity contribution in [2.24, 2.45) is 0 Å². The molecule has 0 aromatic heterocycles. The van der Waals surface area contributed by atoms with Crippen LogP contribution in [0.3, 0.4) is 0 Å². The summed E-state index contributed by atoms with van der Waals surface area (Å²) in [5, 5.41) is 5.89.